The van der Waals surface area contributed by atoms with Crippen LogP contribution in [0.5, 0.6) is 0 Å². The number of amides is 3. The van der Waals surface area contributed by atoms with Crippen molar-refractivity contribution in [2.24, 2.45) is 4.99 Å². The highest BCUT2D eigenvalue weighted by Gasteiger charge is 2.15. The predicted molar refractivity (Wildman–Crippen MR) is 145 cm³/mol. The van der Waals surface area contributed by atoms with Gasteiger partial charge in [-0.25, -0.2) is 9.38 Å². The Bertz CT molecular complexity index is 1470. The fourth-order valence-electron chi connectivity index (χ4n) is 3.56. The molecule has 1 unspecified atom stereocenters. The molecule has 1 aliphatic rings. The summed E-state index contributed by atoms with van der Waals surface area (Å²) in [4.78, 5) is 41.3. The lowest BCUT2D eigenvalue weighted by atomic mass is 10.1. The third-order valence-electron chi connectivity index (χ3n) is 5.46. The van der Waals surface area contributed by atoms with Gasteiger partial charge in [-0.05, 0) is 67.1 Å². The van der Waals surface area contributed by atoms with Crippen LogP contribution in [0.2, 0.25) is 0 Å². The number of benzene rings is 3. The summed E-state index contributed by atoms with van der Waals surface area (Å²) >= 11 is 0. The number of allylic oxidation sites excluding steroid dienone is 1. The average Bonchev–Trinajstić information content (AvgIpc) is 2.91. The van der Waals surface area contributed by atoms with Crippen LogP contribution in [-0.4, -0.2) is 30.2 Å². The van der Waals surface area contributed by atoms with Crippen molar-refractivity contribution in [1.29, 1.82) is 0 Å². The van der Waals surface area contributed by atoms with Gasteiger partial charge in [0.2, 0.25) is 5.91 Å². The minimum absolute atomic E-state index is 0.169. The highest BCUT2D eigenvalue weighted by molar-refractivity contribution is 6.06. The highest BCUT2D eigenvalue weighted by atomic mass is 19.1. The molecule has 0 saturated carbocycles. The molecule has 38 heavy (non-hydrogen) atoms. The molecular formula is C28H25FN6O3. The van der Waals surface area contributed by atoms with Gasteiger partial charge in [-0.3, -0.25) is 14.4 Å². The molecule has 0 aliphatic carbocycles. The van der Waals surface area contributed by atoms with Gasteiger partial charge in [-0.2, -0.15) is 0 Å². The van der Waals surface area contributed by atoms with E-state index in [1.807, 2.05) is 6.07 Å². The molecule has 1 atom stereocenters. The summed E-state index contributed by atoms with van der Waals surface area (Å²) < 4.78 is 13.4. The number of hydrogen-bond donors (Lipinski definition) is 5. The summed E-state index contributed by atoms with van der Waals surface area (Å²) in [5.74, 6) is -1.70. The Balaban J connectivity index is 1.36. The molecular weight excluding hydrogens is 487 g/mol. The lowest BCUT2D eigenvalue weighted by Crippen LogP contribution is -2.37. The SMILES string of the molecule is C=CC(=O)Nc1cccc(NC2N=CC(NC(=O)c3cc(NC(=O)c4cccc(F)c4)ccc3C)=CN2)c1. The van der Waals surface area contributed by atoms with Gasteiger partial charge in [-0.15, -0.1) is 0 Å². The molecule has 9 nitrogen and oxygen atoms in total. The smallest absolute Gasteiger partial charge is 0.256 e. The average molecular weight is 513 g/mol. The molecule has 0 saturated heterocycles. The third kappa shape index (κ3) is 6.70. The second kappa shape index (κ2) is 11.7. The van der Waals surface area contributed by atoms with Crippen molar-refractivity contribution in [3.63, 3.8) is 0 Å². The number of halogens is 1. The number of carbonyl (C=O) groups is 3. The Morgan fingerprint density at radius 1 is 0.921 bits per heavy atom. The van der Waals surface area contributed by atoms with Gasteiger partial charge in [0, 0.05) is 34.4 Å². The maximum Gasteiger partial charge on any atom is 0.256 e. The van der Waals surface area contributed by atoms with Crippen molar-refractivity contribution in [2.75, 3.05) is 16.0 Å². The second-order valence-electron chi connectivity index (χ2n) is 8.31. The molecule has 0 aromatic heterocycles. The molecule has 3 aromatic rings. The standard InChI is InChI=1S/C28H25FN6O3/c1-3-25(36)32-20-8-5-9-21(13-20)35-28-30-15-23(16-31-28)34-27(38)24-14-22(11-10-17(24)2)33-26(37)18-6-4-7-19(29)12-18/h3-16,28,30,35H,1H2,2H3,(H,32,36)(H,33,37)(H,34,38). The van der Waals surface area contributed by atoms with E-state index in [9.17, 15) is 18.8 Å². The molecule has 0 spiro atoms. The van der Waals surface area contributed by atoms with Gasteiger partial charge in [-0.1, -0.05) is 24.8 Å². The summed E-state index contributed by atoms with van der Waals surface area (Å²) in [5.41, 5.74) is 3.39. The largest absolute Gasteiger partial charge is 0.351 e. The van der Waals surface area contributed by atoms with Gasteiger partial charge in [0.05, 0.1) is 11.9 Å². The van der Waals surface area contributed by atoms with E-state index in [2.05, 4.69) is 38.2 Å². The van der Waals surface area contributed by atoms with Crippen molar-refractivity contribution in [2.45, 2.75) is 13.2 Å². The van der Waals surface area contributed by atoms with Crippen LogP contribution in [0.25, 0.3) is 0 Å². The Hall–Kier alpha value is -5.25. The van der Waals surface area contributed by atoms with Crippen LogP contribution in [-0.2, 0) is 4.79 Å². The first kappa shape index (κ1) is 25.8. The number of nitrogens with one attached hydrogen (secondary N) is 5. The molecule has 0 fully saturated rings. The van der Waals surface area contributed by atoms with E-state index in [4.69, 9.17) is 0 Å². The van der Waals surface area contributed by atoms with Crippen molar-refractivity contribution >= 4 is 41.0 Å². The minimum Gasteiger partial charge on any atom is -0.351 e. The van der Waals surface area contributed by atoms with E-state index in [1.54, 1.807) is 49.5 Å². The number of aryl methyl sites for hydroxylation is 1. The maximum atomic E-state index is 13.4. The Morgan fingerprint density at radius 3 is 2.42 bits per heavy atom. The molecule has 192 valence electrons. The second-order valence-corrected chi connectivity index (χ2v) is 8.31. The zero-order valence-electron chi connectivity index (χ0n) is 20.4. The van der Waals surface area contributed by atoms with Gasteiger partial charge in [0.15, 0.2) is 6.29 Å². The monoisotopic (exact) mass is 512 g/mol. The maximum absolute atomic E-state index is 13.4. The van der Waals surface area contributed by atoms with Crippen LogP contribution in [0.1, 0.15) is 26.3 Å². The van der Waals surface area contributed by atoms with Crippen LogP contribution in [0.3, 0.4) is 0 Å². The topological polar surface area (TPSA) is 124 Å². The summed E-state index contributed by atoms with van der Waals surface area (Å²) in [7, 11) is 0. The van der Waals surface area contributed by atoms with Gasteiger partial charge < -0.3 is 26.6 Å². The third-order valence-corrected chi connectivity index (χ3v) is 5.46. The molecule has 4 rings (SSSR count). The lowest BCUT2D eigenvalue weighted by Gasteiger charge is -2.21. The Kier molecular flexibility index (Phi) is 7.92. The van der Waals surface area contributed by atoms with E-state index in [-0.39, 0.29) is 17.4 Å². The van der Waals surface area contributed by atoms with E-state index >= 15 is 0 Å². The zero-order chi connectivity index (χ0) is 27.1. The van der Waals surface area contributed by atoms with E-state index in [0.717, 1.165) is 11.8 Å². The molecule has 1 aliphatic heterocycles. The number of carbonyl (C=O) groups excluding carboxylic acids is 3. The quantitative estimate of drug-likeness (QED) is 0.290. The Labute approximate surface area is 218 Å². The molecule has 0 radical (unpaired) electrons. The van der Waals surface area contributed by atoms with Crippen molar-refractivity contribution in [3.05, 3.63) is 114 Å². The fraction of sp³-hybridized carbons (Fsp3) is 0.0714. The zero-order valence-corrected chi connectivity index (χ0v) is 20.4. The first-order chi connectivity index (χ1) is 18.3. The Morgan fingerprint density at radius 2 is 1.68 bits per heavy atom. The molecule has 3 aromatic carbocycles. The summed E-state index contributed by atoms with van der Waals surface area (Å²) in [6.07, 6.45) is 3.81. The van der Waals surface area contributed by atoms with Crippen LogP contribution in [0.4, 0.5) is 21.5 Å². The van der Waals surface area contributed by atoms with Crippen LogP contribution in [0.15, 0.2) is 96.3 Å². The van der Waals surface area contributed by atoms with Crippen LogP contribution >= 0.6 is 0 Å². The van der Waals surface area contributed by atoms with Gasteiger partial charge in [0.25, 0.3) is 11.8 Å². The van der Waals surface area contributed by atoms with Crippen LogP contribution in [0, 0.1) is 12.7 Å². The number of aliphatic imine (C=N–C) groups is 1. The first-order valence-corrected chi connectivity index (χ1v) is 11.6. The number of anilines is 3. The summed E-state index contributed by atoms with van der Waals surface area (Å²) in [5, 5.41) is 14.4. The van der Waals surface area contributed by atoms with E-state index < -0.39 is 18.0 Å². The minimum atomic E-state index is -0.513. The predicted octanol–water partition coefficient (Wildman–Crippen LogP) is 4.15. The fourth-order valence-corrected chi connectivity index (χ4v) is 3.56. The molecule has 3 amide bonds. The first-order valence-electron chi connectivity index (χ1n) is 11.6. The molecule has 0 bridgehead atoms. The molecule has 1 heterocycles. The van der Waals surface area contributed by atoms with Crippen LogP contribution < -0.4 is 26.6 Å². The highest BCUT2D eigenvalue weighted by Crippen LogP contribution is 2.18. The van der Waals surface area contributed by atoms with Crippen molar-refractivity contribution in [1.82, 2.24) is 10.6 Å². The summed E-state index contributed by atoms with van der Waals surface area (Å²) in [6, 6.07) is 17.4. The molecule has 10 heteroatoms. The lowest BCUT2D eigenvalue weighted by molar-refractivity contribution is -0.111. The van der Waals surface area contributed by atoms with E-state index in [1.165, 1.54) is 30.5 Å². The van der Waals surface area contributed by atoms with Crippen molar-refractivity contribution in [3.8, 4) is 0 Å². The number of rotatable bonds is 8. The molecule has 5 N–H and O–H groups in total. The summed E-state index contributed by atoms with van der Waals surface area (Å²) in [6.45, 7) is 5.21. The van der Waals surface area contributed by atoms with E-state index in [0.29, 0.717) is 28.2 Å². The number of nitrogens with zero attached hydrogens (tertiary/aromatic N) is 1. The van der Waals surface area contributed by atoms with Crippen molar-refractivity contribution < 1.29 is 18.8 Å². The normalized spacial score (nSPS) is 13.9. The van der Waals surface area contributed by atoms with Gasteiger partial charge in [0.1, 0.15) is 5.82 Å². The van der Waals surface area contributed by atoms with Gasteiger partial charge >= 0.3 is 0 Å². The number of hydrogen-bond acceptors (Lipinski definition) is 6.